The zero-order valence-corrected chi connectivity index (χ0v) is 20.2. The van der Waals surface area contributed by atoms with Crippen molar-refractivity contribution in [2.75, 3.05) is 45.3 Å². The van der Waals surface area contributed by atoms with Crippen molar-refractivity contribution in [1.29, 1.82) is 0 Å². The largest absolute Gasteiger partial charge is 0.497 e. The molecule has 1 aliphatic rings. The molecule has 0 amide bonds. The van der Waals surface area contributed by atoms with Crippen molar-refractivity contribution >= 4 is 38.1 Å². The van der Waals surface area contributed by atoms with E-state index in [0.717, 1.165) is 22.8 Å². The van der Waals surface area contributed by atoms with Gasteiger partial charge in [-0.3, -0.25) is 0 Å². The molecular weight excluding hydrogens is 470 g/mol. The van der Waals surface area contributed by atoms with E-state index in [1.165, 1.54) is 24.6 Å². The second-order valence-corrected chi connectivity index (χ2v) is 10.5. The fourth-order valence-electron chi connectivity index (χ4n) is 3.58. The third kappa shape index (κ3) is 4.85. The number of hydrogen-bond donors (Lipinski definition) is 0. The summed E-state index contributed by atoms with van der Waals surface area (Å²) in [7, 11) is -0.741. The molecule has 2 aromatic carbocycles. The van der Waals surface area contributed by atoms with Crippen LogP contribution in [0.1, 0.15) is 11.3 Å². The van der Waals surface area contributed by atoms with Gasteiger partial charge < -0.3 is 14.4 Å². The zero-order chi connectivity index (χ0) is 22.7. The lowest BCUT2D eigenvalue weighted by Crippen LogP contribution is -2.48. The third-order valence-corrected chi connectivity index (χ3v) is 8.46. The van der Waals surface area contributed by atoms with Crippen LogP contribution in [0.2, 0.25) is 5.02 Å². The van der Waals surface area contributed by atoms with E-state index < -0.39 is 10.0 Å². The summed E-state index contributed by atoms with van der Waals surface area (Å²) < 4.78 is 38.5. The molecule has 1 aliphatic heterocycles. The molecular formula is C22H24ClN3O4S2. The molecule has 0 spiro atoms. The first-order chi connectivity index (χ1) is 15.4. The Labute approximate surface area is 197 Å². The van der Waals surface area contributed by atoms with Crippen LogP contribution in [0.25, 0.3) is 0 Å². The van der Waals surface area contributed by atoms with Gasteiger partial charge in [0.25, 0.3) is 0 Å². The molecule has 4 rings (SSSR count). The number of benzene rings is 2. The van der Waals surface area contributed by atoms with Gasteiger partial charge in [0.05, 0.1) is 19.9 Å². The molecule has 10 heteroatoms. The van der Waals surface area contributed by atoms with Gasteiger partial charge in [0, 0.05) is 49.1 Å². The number of rotatable bonds is 7. The number of halogens is 1. The topological polar surface area (TPSA) is 72.0 Å². The van der Waals surface area contributed by atoms with E-state index in [9.17, 15) is 8.42 Å². The molecule has 7 nitrogen and oxygen atoms in total. The lowest BCUT2D eigenvalue weighted by molar-refractivity contribution is 0.370. The van der Waals surface area contributed by atoms with Gasteiger partial charge in [-0.05, 0) is 29.8 Å². The molecule has 1 aromatic heterocycles. The zero-order valence-electron chi connectivity index (χ0n) is 17.8. The smallest absolute Gasteiger partial charge is 0.247 e. The first kappa shape index (κ1) is 22.8. The number of aromatic nitrogens is 1. The molecule has 0 aliphatic carbocycles. The number of nitrogens with zero attached hydrogens (tertiary/aromatic N) is 3. The molecule has 1 fully saturated rings. The number of thiazole rings is 1. The normalized spacial score (nSPS) is 15.0. The molecule has 0 atom stereocenters. The second kappa shape index (κ2) is 9.66. The fourth-order valence-corrected chi connectivity index (χ4v) is 6.18. The van der Waals surface area contributed by atoms with E-state index in [0.29, 0.717) is 42.7 Å². The number of methoxy groups -OCH3 is 2. The summed E-state index contributed by atoms with van der Waals surface area (Å²) in [6, 6.07) is 12.5. The first-order valence-electron chi connectivity index (χ1n) is 10.1. The Morgan fingerprint density at radius 2 is 1.75 bits per heavy atom. The van der Waals surface area contributed by atoms with Gasteiger partial charge in [-0.1, -0.05) is 23.7 Å². The summed E-state index contributed by atoms with van der Waals surface area (Å²) in [6.45, 7) is 1.88. The molecule has 3 aromatic rings. The Morgan fingerprint density at radius 3 is 2.41 bits per heavy atom. The highest BCUT2D eigenvalue weighted by Crippen LogP contribution is 2.32. The van der Waals surface area contributed by atoms with Crippen LogP contribution in [0.4, 0.5) is 5.13 Å². The van der Waals surface area contributed by atoms with Crippen molar-refractivity contribution in [2.24, 2.45) is 0 Å². The molecule has 32 heavy (non-hydrogen) atoms. The minimum Gasteiger partial charge on any atom is -0.497 e. The Morgan fingerprint density at radius 1 is 1.03 bits per heavy atom. The van der Waals surface area contributed by atoms with Crippen LogP contribution in [0.5, 0.6) is 11.5 Å². The molecule has 0 saturated carbocycles. The monoisotopic (exact) mass is 493 g/mol. The Hall–Kier alpha value is -2.33. The summed E-state index contributed by atoms with van der Waals surface area (Å²) in [5.41, 5.74) is 2.14. The quantitative estimate of drug-likeness (QED) is 0.497. The maximum Gasteiger partial charge on any atom is 0.247 e. The van der Waals surface area contributed by atoms with Crippen molar-refractivity contribution in [3.8, 4) is 11.5 Å². The van der Waals surface area contributed by atoms with E-state index in [1.54, 1.807) is 23.5 Å². The summed E-state index contributed by atoms with van der Waals surface area (Å²) >= 11 is 7.53. The van der Waals surface area contributed by atoms with Crippen LogP contribution in [-0.2, 0) is 16.4 Å². The molecule has 0 bridgehead atoms. The third-order valence-electron chi connectivity index (χ3n) is 5.34. The van der Waals surface area contributed by atoms with E-state index in [1.807, 2.05) is 29.6 Å². The summed E-state index contributed by atoms with van der Waals surface area (Å²) in [4.78, 5) is 7.00. The lowest BCUT2D eigenvalue weighted by atomic mass is 10.1. The molecule has 0 N–H and O–H groups in total. The van der Waals surface area contributed by atoms with E-state index in [2.05, 4.69) is 4.90 Å². The van der Waals surface area contributed by atoms with Crippen molar-refractivity contribution in [3.63, 3.8) is 0 Å². The summed E-state index contributed by atoms with van der Waals surface area (Å²) in [5.74, 6) is 0.777. The highest BCUT2D eigenvalue weighted by Gasteiger charge is 2.32. The highest BCUT2D eigenvalue weighted by molar-refractivity contribution is 7.89. The van der Waals surface area contributed by atoms with Gasteiger partial charge >= 0.3 is 0 Å². The summed E-state index contributed by atoms with van der Waals surface area (Å²) in [5, 5.41) is 3.67. The average Bonchev–Trinajstić information content (AvgIpc) is 3.28. The van der Waals surface area contributed by atoms with Gasteiger partial charge in [-0.25, -0.2) is 13.4 Å². The number of ether oxygens (including phenoxy) is 2. The number of sulfonamides is 1. The lowest BCUT2D eigenvalue weighted by Gasteiger charge is -2.34. The minimum absolute atomic E-state index is 0.118. The van der Waals surface area contributed by atoms with E-state index >= 15 is 0 Å². The fraction of sp³-hybridized carbons (Fsp3) is 0.318. The molecule has 1 saturated heterocycles. The number of piperazine rings is 1. The Bertz CT molecular complexity index is 1170. The van der Waals surface area contributed by atoms with E-state index in [-0.39, 0.29) is 4.90 Å². The van der Waals surface area contributed by atoms with Crippen LogP contribution >= 0.6 is 22.9 Å². The van der Waals surface area contributed by atoms with Crippen molar-refractivity contribution in [1.82, 2.24) is 9.29 Å². The van der Waals surface area contributed by atoms with Gasteiger partial charge in [-0.15, -0.1) is 11.3 Å². The van der Waals surface area contributed by atoms with Crippen LogP contribution < -0.4 is 14.4 Å². The van der Waals surface area contributed by atoms with Gasteiger partial charge in [0.2, 0.25) is 10.0 Å². The van der Waals surface area contributed by atoms with Crippen LogP contribution in [-0.4, -0.2) is 58.1 Å². The maximum absolute atomic E-state index is 13.3. The average molecular weight is 494 g/mol. The van der Waals surface area contributed by atoms with Crippen LogP contribution in [0.15, 0.2) is 52.7 Å². The van der Waals surface area contributed by atoms with Crippen molar-refractivity contribution in [3.05, 3.63) is 64.1 Å². The van der Waals surface area contributed by atoms with Gasteiger partial charge in [-0.2, -0.15) is 4.31 Å². The van der Waals surface area contributed by atoms with Crippen molar-refractivity contribution < 1.29 is 17.9 Å². The first-order valence-corrected chi connectivity index (χ1v) is 12.8. The number of hydrogen-bond acceptors (Lipinski definition) is 7. The molecule has 2 heterocycles. The van der Waals surface area contributed by atoms with Crippen LogP contribution in [0, 0.1) is 0 Å². The van der Waals surface area contributed by atoms with Crippen LogP contribution in [0.3, 0.4) is 0 Å². The number of anilines is 1. The highest BCUT2D eigenvalue weighted by atomic mass is 35.5. The van der Waals surface area contributed by atoms with Crippen molar-refractivity contribution in [2.45, 2.75) is 11.3 Å². The van der Waals surface area contributed by atoms with Gasteiger partial charge in [0.15, 0.2) is 5.13 Å². The molecule has 170 valence electrons. The summed E-state index contributed by atoms with van der Waals surface area (Å²) in [6.07, 6.45) is 0.734. The Kier molecular flexibility index (Phi) is 6.90. The standard InChI is InChI=1S/C22H24ClN3O4S2/c1-29-19-7-8-20(30-2)21(14-19)32(27,28)26-11-9-25(10-12-26)22-24-18(15-31-22)13-16-3-5-17(23)6-4-16/h3-8,14-15H,9-13H2,1-2H3. The maximum atomic E-state index is 13.3. The molecule has 0 radical (unpaired) electrons. The van der Waals surface area contributed by atoms with Gasteiger partial charge in [0.1, 0.15) is 16.4 Å². The second-order valence-electron chi connectivity index (χ2n) is 7.33. The minimum atomic E-state index is -3.71. The predicted molar refractivity (Wildman–Crippen MR) is 127 cm³/mol. The SMILES string of the molecule is COc1ccc(OC)c(S(=O)(=O)N2CCN(c3nc(Cc4ccc(Cl)cc4)cs3)CC2)c1. The predicted octanol–water partition coefficient (Wildman–Crippen LogP) is 3.92. The Balaban J connectivity index is 1.43. The van der Waals surface area contributed by atoms with E-state index in [4.69, 9.17) is 26.1 Å². The molecule has 0 unspecified atom stereocenters.